The van der Waals surface area contributed by atoms with Gasteiger partial charge in [0.25, 0.3) is 0 Å². The molecule has 6 rings (SSSR count). The van der Waals surface area contributed by atoms with Gasteiger partial charge in [0.05, 0.1) is 66.0 Å². The maximum atomic E-state index is 13.2. The Morgan fingerprint density at radius 1 is 0.583 bits per heavy atom. The van der Waals surface area contributed by atoms with Gasteiger partial charge in [0.2, 0.25) is 6.29 Å². The van der Waals surface area contributed by atoms with Crippen LogP contribution in [0.15, 0.2) is 89.9 Å². The summed E-state index contributed by atoms with van der Waals surface area (Å²) in [5.74, 6) is -0.935. The number of ether oxygens (including phenoxy) is 4. The number of nitrogens with zero attached hydrogens (tertiary/aromatic N) is 1. The van der Waals surface area contributed by atoms with Crippen molar-refractivity contribution in [3.05, 3.63) is 141 Å². The molecule has 1 N–H and O–H groups in total. The van der Waals surface area contributed by atoms with Crippen LogP contribution in [-0.2, 0) is 43.7 Å². The molecule has 0 aromatic heterocycles. The van der Waals surface area contributed by atoms with E-state index < -0.39 is 89.4 Å². The fourth-order valence-corrected chi connectivity index (χ4v) is 6.05. The van der Waals surface area contributed by atoms with Crippen LogP contribution in [0.4, 0.5) is 61.5 Å². The Labute approximate surface area is 333 Å². The fraction of sp³-hybridized carbons (Fsp3) is 0.375. The van der Waals surface area contributed by atoms with Gasteiger partial charge in [-0.1, -0.05) is 24.3 Å². The zero-order valence-electron chi connectivity index (χ0n) is 31.2. The van der Waals surface area contributed by atoms with Crippen LogP contribution in [0, 0.1) is 11.6 Å². The van der Waals surface area contributed by atoms with E-state index in [0.717, 1.165) is 0 Å². The number of benzene rings is 4. The van der Waals surface area contributed by atoms with Crippen LogP contribution in [-0.4, -0.2) is 44.6 Å². The van der Waals surface area contributed by atoms with E-state index in [1.54, 1.807) is 0 Å². The van der Waals surface area contributed by atoms with Gasteiger partial charge in [-0.3, -0.25) is 4.99 Å². The smallest absolute Gasteiger partial charge is 0.349 e. The number of hydrogen-bond donors (Lipinski definition) is 1. The first-order valence-electron chi connectivity index (χ1n) is 17.8. The predicted molar refractivity (Wildman–Crippen MR) is 186 cm³/mol. The second-order valence-electron chi connectivity index (χ2n) is 13.4. The molecule has 1 saturated heterocycles. The summed E-state index contributed by atoms with van der Waals surface area (Å²) in [5, 5.41) is 3.10. The number of alkyl halides is 12. The molecule has 60 heavy (non-hydrogen) atoms. The minimum absolute atomic E-state index is 0.0543. The van der Waals surface area contributed by atoms with Gasteiger partial charge in [0.1, 0.15) is 11.6 Å². The standard InChI is InChI=1S/C20H18F7NO2.C20H16F7NO2/c2*1-11(13-8-14(19(22,23)24)10-15(9-13)20(25,26)27)30-18-17(28-6-7-29-18)12-2-4-16(21)5-3-12/h2-5,8-11,17-18,28H,6-7H2,1H3;2-5,8-11,18H,6-7H2,1H3/t11-,17-,18?;11-,18?/m11/s1. The van der Waals surface area contributed by atoms with Gasteiger partial charge in [0, 0.05) is 12.1 Å². The van der Waals surface area contributed by atoms with Crippen molar-refractivity contribution in [3.63, 3.8) is 0 Å². The summed E-state index contributed by atoms with van der Waals surface area (Å²) >= 11 is 0. The second-order valence-corrected chi connectivity index (χ2v) is 13.4. The highest BCUT2D eigenvalue weighted by Gasteiger charge is 2.40. The molecule has 0 aliphatic carbocycles. The van der Waals surface area contributed by atoms with Crippen LogP contribution >= 0.6 is 0 Å². The highest BCUT2D eigenvalue weighted by atomic mass is 19.4. The van der Waals surface area contributed by atoms with Gasteiger partial charge in [-0.25, -0.2) is 8.78 Å². The molecule has 0 amide bonds. The molecule has 2 heterocycles. The SMILES string of the molecule is C[C@@H](OC1OCCN=C1c1ccc(F)cc1)c1cc(C(F)(F)F)cc(C(F)(F)F)c1.C[C@@H](OC1OCCN[C@@H]1c1ccc(F)cc1)c1cc(C(F)(F)F)cc(C(F)(F)F)c1. The van der Waals surface area contributed by atoms with Gasteiger partial charge >= 0.3 is 24.7 Å². The molecule has 5 atom stereocenters. The Kier molecular flexibility index (Phi) is 14.4. The summed E-state index contributed by atoms with van der Waals surface area (Å²) in [6.07, 6.45) is -24.3. The minimum Gasteiger partial charge on any atom is -0.349 e. The molecule has 1 fully saturated rings. The molecule has 0 spiro atoms. The first kappa shape index (κ1) is 46.4. The lowest BCUT2D eigenvalue weighted by Crippen LogP contribution is -2.43. The summed E-state index contributed by atoms with van der Waals surface area (Å²) < 4.78 is 206. The van der Waals surface area contributed by atoms with Gasteiger partial charge < -0.3 is 24.3 Å². The largest absolute Gasteiger partial charge is 0.416 e. The van der Waals surface area contributed by atoms with E-state index in [0.29, 0.717) is 41.9 Å². The zero-order chi connectivity index (χ0) is 44.2. The third kappa shape index (κ3) is 12.2. The molecule has 326 valence electrons. The number of aliphatic imine (C=N–C) groups is 1. The molecule has 20 heteroatoms. The van der Waals surface area contributed by atoms with Crippen LogP contribution in [0.2, 0.25) is 0 Å². The number of morpholine rings is 1. The van der Waals surface area contributed by atoms with E-state index in [1.807, 2.05) is 0 Å². The molecule has 0 saturated carbocycles. The summed E-state index contributed by atoms with van der Waals surface area (Å²) in [7, 11) is 0. The number of hydrogen-bond acceptors (Lipinski definition) is 6. The zero-order valence-corrected chi connectivity index (χ0v) is 31.2. The normalized spacial score (nSPS) is 20.1. The second kappa shape index (κ2) is 18.6. The van der Waals surface area contributed by atoms with Crippen molar-refractivity contribution in [2.24, 2.45) is 4.99 Å². The molecule has 2 aliphatic rings. The Morgan fingerprint density at radius 3 is 1.47 bits per heavy atom. The molecule has 4 aromatic rings. The van der Waals surface area contributed by atoms with Crippen molar-refractivity contribution in [2.45, 2.75) is 69.4 Å². The number of nitrogens with one attached hydrogen (secondary N) is 1. The third-order valence-corrected chi connectivity index (χ3v) is 9.08. The van der Waals surface area contributed by atoms with Crippen LogP contribution in [0.1, 0.15) is 76.6 Å². The maximum absolute atomic E-state index is 13.2. The summed E-state index contributed by atoms with van der Waals surface area (Å²) in [6, 6.07) is 12.7. The fourth-order valence-electron chi connectivity index (χ4n) is 6.05. The average Bonchev–Trinajstić information content (AvgIpc) is 3.17. The van der Waals surface area contributed by atoms with Crippen molar-refractivity contribution in [1.29, 1.82) is 0 Å². The Hall–Kier alpha value is -4.63. The van der Waals surface area contributed by atoms with Crippen LogP contribution in [0.3, 0.4) is 0 Å². The highest BCUT2D eigenvalue weighted by Crippen LogP contribution is 2.40. The molecule has 0 bridgehead atoms. The highest BCUT2D eigenvalue weighted by molar-refractivity contribution is 6.03. The topological polar surface area (TPSA) is 61.3 Å². The predicted octanol–water partition coefficient (Wildman–Crippen LogP) is 11.4. The average molecular weight is 873 g/mol. The van der Waals surface area contributed by atoms with Crippen molar-refractivity contribution < 1.29 is 80.4 Å². The van der Waals surface area contributed by atoms with Crippen molar-refractivity contribution >= 4 is 5.71 Å². The lowest BCUT2D eigenvalue weighted by molar-refractivity contribution is -0.200. The molecule has 4 aromatic carbocycles. The Morgan fingerprint density at radius 2 is 1.02 bits per heavy atom. The van der Waals surface area contributed by atoms with Gasteiger partial charge in [-0.15, -0.1) is 0 Å². The quantitative estimate of drug-likeness (QED) is 0.179. The molecular weight excluding hydrogens is 838 g/mol. The first-order valence-corrected chi connectivity index (χ1v) is 17.8. The van der Waals surface area contributed by atoms with Crippen molar-refractivity contribution in [2.75, 3.05) is 26.3 Å². The van der Waals surface area contributed by atoms with E-state index in [2.05, 4.69) is 10.3 Å². The molecular formula is C40H34F14N2O4. The van der Waals surface area contributed by atoms with E-state index in [1.165, 1.54) is 62.4 Å². The lowest BCUT2D eigenvalue weighted by Gasteiger charge is -2.34. The maximum Gasteiger partial charge on any atom is 0.416 e. The molecule has 2 aliphatic heterocycles. The first-order chi connectivity index (χ1) is 27.9. The number of halogens is 14. The van der Waals surface area contributed by atoms with Crippen molar-refractivity contribution in [3.8, 4) is 0 Å². The summed E-state index contributed by atoms with van der Waals surface area (Å²) in [6.45, 7) is 3.76. The summed E-state index contributed by atoms with van der Waals surface area (Å²) in [4.78, 5) is 4.26. The van der Waals surface area contributed by atoms with Crippen molar-refractivity contribution in [1.82, 2.24) is 5.32 Å². The van der Waals surface area contributed by atoms with Crippen LogP contribution in [0.25, 0.3) is 0 Å². The van der Waals surface area contributed by atoms with Gasteiger partial charge in [0.15, 0.2) is 6.29 Å². The van der Waals surface area contributed by atoms with Crippen LogP contribution in [0.5, 0.6) is 0 Å². The van der Waals surface area contributed by atoms with E-state index in [4.69, 9.17) is 18.9 Å². The lowest BCUT2D eigenvalue weighted by atomic mass is 10.0. The molecule has 6 nitrogen and oxygen atoms in total. The third-order valence-electron chi connectivity index (χ3n) is 9.08. The Balaban J connectivity index is 0.000000228. The minimum atomic E-state index is -4.96. The van der Waals surface area contributed by atoms with Crippen LogP contribution < -0.4 is 5.32 Å². The summed E-state index contributed by atoms with van der Waals surface area (Å²) in [5.41, 5.74) is -4.95. The monoisotopic (exact) mass is 872 g/mol. The van der Waals surface area contributed by atoms with Gasteiger partial charge in [-0.2, -0.15) is 52.7 Å². The number of rotatable bonds is 8. The molecule has 2 unspecified atom stereocenters. The van der Waals surface area contributed by atoms with E-state index in [-0.39, 0.29) is 48.7 Å². The van der Waals surface area contributed by atoms with E-state index in [9.17, 15) is 61.5 Å². The van der Waals surface area contributed by atoms with Gasteiger partial charge in [-0.05, 0) is 91.2 Å². The molecule has 0 radical (unpaired) electrons. The Bertz CT molecular complexity index is 2020. The van der Waals surface area contributed by atoms with E-state index >= 15 is 0 Å².